The molecule has 0 aliphatic rings. The number of H-pyrrole nitrogens is 2. The fourth-order valence-electron chi connectivity index (χ4n) is 1.87. The van der Waals surface area contributed by atoms with Crippen LogP contribution in [0.5, 0.6) is 0 Å². The molecule has 0 saturated carbocycles. The Morgan fingerprint density at radius 3 is 1.26 bits per heavy atom. The Bertz CT molecular complexity index is 650. The number of aryl methyl sites for hydroxylation is 4. The monoisotopic (exact) mass is 346 g/mol. The Kier molecular flexibility index (Phi) is 8.73. The number of aromatic nitrogens is 4. The summed E-state index contributed by atoms with van der Waals surface area (Å²) in [6.07, 6.45) is 6.30. The molecule has 23 heavy (non-hydrogen) atoms. The highest BCUT2D eigenvalue weighted by atomic mass is 32.3. The molecule has 0 amide bonds. The van der Waals surface area contributed by atoms with Gasteiger partial charge in [-0.05, 0) is 0 Å². The number of rotatable bonds is 2. The Labute approximate surface area is 137 Å². The van der Waals surface area contributed by atoms with E-state index in [1.54, 1.807) is 0 Å². The number of aromatic amines is 2. The van der Waals surface area contributed by atoms with Crippen molar-refractivity contribution in [2.24, 2.45) is 14.1 Å². The summed E-state index contributed by atoms with van der Waals surface area (Å²) < 4.78 is 38.4. The zero-order chi connectivity index (χ0) is 18.2. The van der Waals surface area contributed by atoms with Crippen LogP contribution in [0.2, 0.25) is 0 Å². The number of hydrogen-bond donors (Lipinski definition) is 2. The van der Waals surface area contributed by atoms with Gasteiger partial charge in [-0.3, -0.25) is 8.42 Å². The van der Waals surface area contributed by atoms with E-state index in [1.165, 1.54) is 23.0 Å². The molecule has 132 valence electrons. The van der Waals surface area contributed by atoms with Crippen molar-refractivity contribution in [2.75, 3.05) is 0 Å². The predicted octanol–water partition coefficient (Wildman–Crippen LogP) is 0.0820. The lowest BCUT2D eigenvalue weighted by Crippen LogP contribution is -2.33. The molecular weight excluding hydrogens is 320 g/mol. The van der Waals surface area contributed by atoms with Crippen LogP contribution in [0.3, 0.4) is 0 Å². The Morgan fingerprint density at radius 2 is 1.17 bits per heavy atom. The van der Waals surface area contributed by atoms with Crippen LogP contribution in [0, 0.1) is 13.8 Å². The van der Waals surface area contributed by atoms with Gasteiger partial charge in [-0.2, -0.15) is 0 Å². The number of hydrogen-bond acceptors (Lipinski definition) is 4. The lowest BCUT2D eigenvalue weighted by molar-refractivity contribution is -0.683. The molecule has 0 aliphatic carbocycles. The molecule has 9 heteroatoms. The van der Waals surface area contributed by atoms with Crippen LogP contribution in [0.4, 0.5) is 0 Å². The lowest BCUT2D eigenvalue weighted by Gasteiger charge is -2.06. The minimum absolute atomic E-state index is 1.10. The van der Waals surface area contributed by atoms with Crippen molar-refractivity contribution in [2.45, 2.75) is 40.5 Å². The molecule has 2 rings (SSSR count). The summed E-state index contributed by atoms with van der Waals surface area (Å²) in [6, 6.07) is 0. The van der Waals surface area contributed by atoms with Gasteiger partial charge in [-0.25, -0.2) is 19.1 Å². The first-order valence-corrected chi connectivity index (χ1v) is 8.56. The molecule has 0 fully saturated rings. The fraction of sp³-hybridized carbons (Fsp3) is 0.571. The van der Waals surface area contributed by atoms with Gasteiger partial charge in [0.2, 0.25) is 0 Å². The highest BCUT2D eigenvalue weighted by molar-refractivity contribution is 7.79. The molecule has 0 atom stereocenters. The molecule has 0 saturated heterocycles. The Morgan fingerprint density at radius 1 is 0.913 bits per heavy atom. The summed E-state index contributed by atoms with van der Waals surface area (Å²) in [6.45, 7) is 8.45. The van der Waals surface area contributed by atoms with Crippen LogP contribution in [0.1, 0.15) is 36.9 Å². The molecule has 2 aromatic rings. The van der Waals surface area contributed by atoms with Gasteiger partial charge in [0.25, 0.3) is 11.6 Å². The zero-order valence-electron chi connectivity index (χ0n) is 14.5. The molecule has 0 unspecified atom stereocenters. The smallest absolute Gasteiger partial charge is 0.251 e. The van der Waals surface area contributed by atoms with Crippen molar-refractivity contribution in [1.82, 2.24) is 9.97 Å². The van der Waals surface area contributed by atoms with Crippen molar-refractivity contribution in [3.8, 4) is 0 Å². The SMILES string of the molecule is CCc1c[nH]c(C)[n+]1C.CCc1c[nH]c(C)[n+]1C.O=S(=O)([O-])[O-]. The zero-order valence-corrected chi connectivity index (χ0v) is 15.3. The van der Waals surface area contributed by atoms with Crippen molar-refractivity contribution in [1.29, 1.82) is 0 Å². The summed E-state index contributed by atoms with van der Waals surface area (Å²) in [4.78, 5) is 6.30. The topological polar surface area (TPSA) is 120 Å². The van der Waals surface area contributed by atoms with Crippen LogP contribution in [0.15, 0.2) is 12.4 Å². The highest BCUT2D eigenvalue weighted by Gasteiger charge is 2.06. The van der Waals surface area contributed by atoms with E-state index < -0.39 is 10.4 Å². The van der Waals surface area contributed by atoms with E-state index in [0.717, 1.165) is 12.8 Å². The van der Waals surface area contributed by atoms with Gasteiger partial charge in [-0.15, -0.1) is 0 Å². The van der Waals surface area contributed by atoms with Gasteiger partial charge in [0.1, 0.15) is 23.8 Å². The normalized spacial score (nSPS) is 10.4. The van der Waals surface area contributed by atoms with Gasteiger partial charge in [0.05, 0.1) is 14.1 Å². The first-order chi connectivity index (χ1) is 10.5. The Balaban J connectivity index is 0.000000332. The van der Waals surface area contributed by atoms with Crippen LogP contribution in [-0.4, -0.2) is 27.5 Å². The van der Waals surface area contributed by atoms with Crippen LogP contribution in [0.25, 0.3) is 0 Å². The van der Waals surface area contributed by atoms with Crippen LogP contribution in [-0.2, 0) is 37.3 Å². The molecule has 0 aliphatic heterocycles. The molecule has 2 N–H and O–H groups in total. The molecule has 0 bridgehead atoms. The average Bonchev–Trinajstić information content (AvgIpc) is 2.93. The van der Waals surface area contributed by atoms with Crippen LogP contribution >= 0.6 is 0 Å². The second-order valence-corrected chi connectivity index (χ2v) is 5.78. The lowest BCUT2D eigenvalue weighted by atomic mass is 10.4. The fourth-order valence-corrected chi connectivity index (χ4v) is 1.87. The van der Waals surface area contributed by atoms with Gasteiger partial charge in [-0.1, -0.05) is 13.8 Å². The quantitative estimate of drug-likeness (QED) is 0.454. The van der Waals surface area contributed by atoms with Crippen LogP contribution < -0.4 is 9.13 Å². The highest BCUT2D eigenvalue weighted by Crippen LogP contribution is 1.91. The minimum Gasteiger partial charge on any atom is -0.759 e. The first kappa shape index (κ1) is 21.3. The van der Waals surface area contributed by atoms with Crippen molar-refractivity contribution in [3.63, 3.8) is 0 Å². The summed E-state index contributed by atoms with van der Waals surface area (Å²) in [5.74, 6) is 2.43. The molecule has 0 radical (unpaired) electrons. The summed E-state index contributed by atoms with van der Waals surface area (Å²) in [7, 11) is -1.02. The average molecular weight is 346 g/mol. The molecule has 0 spiro atoms. The van der Waals surface area contributed by atoms with E-state index in [1.807, 2.05) is 0 Å². The second kappa shape index (κ2) is 9.43. The van der Waals surface area contributed by atoms with Crippen molar-refractivity contribution in [3.05, 3.63) is 35.4 Å². The van der Waals surface area contributed by atoms with Gasteiger partial charge in [0, 0.05) is 37.1 Å². The molecule has 2 aromatic heterocycles. The number of nitrogens with one attached hydrogen (secondary N) is 2. The molecule has 0 aromatic carbocycles. The number of nitrogens with zero attached hydrogens (tertiary/aromatic N) is 2. The van der Waals surface area contributed by atoms with Crippen molar-refractivity contribution >= 4 is 10.4 Å². The van der Waals surface area contributed by atoms with E-state index in [0.29, 0.717) is 0 Å². The molecular formula is C14H26N4O4S. The Hall–Kier alpha value is -1.71. The largest absolute Gasteiger partial charge is 0.759 e. The summed E-state index contributed by atoms with van der Waals surface area (Å²) >= 11 is 0. The summed E-state index contributed by atoms with van der Waals surface area (Å²) in [5.41, 5.74) is 2.71. The first-order valence-electron chi connectivity index (χ1n) is 7.23. The maximum Gasteiger partial charge on any atom is 0.251 e. The van der Waals surface area contributed by atoms with Gasteiger partial charge in [0.15, 0.2) is 0 Å². The van der Waals surface area contributed by atoms with E-state index in [-0.39, 0.29) is 0 Å². The third-order valence-corrected chi connectivity index (χ3v) is 3.49. The second-order valence-electron chi connectivity index (χ2n) is 4.96. The number of imidazole rings is 2. The van der Waals surface area contributed by atoms with E-state index in [2.05, 4.69) is 73.3 Å². The van der Waals surface area contributed by atoms with E-state index in [9.17, 15) is 0 Å². The summed E-state index contributed by atoms with van der Waals surface area (Å²) in [5, 5.41) is 0. The van der Waals surface area contributed by atoms with Crippen molar-refractivity contribution < 1.29 is 26.7 Å². The minimum atomic E-state index is -5.17. The van der Waals surface area contributed by atoms with E-state index >= 15 is 0 Å². The molecule has 2 heterocycles. The maximum absolute atomic E-state index is 8.52. The van der Waals surface area contributed by atoms with Gasteiger partial charge < -0.3 is 9.11 Å². The predicted molar refractivity (Wildman–Crippen MR) is 82.6 cm³/mol. The van der Waals surface area contributed by atoms with E-state index in [4.69, 9.17) is 17.5 Å². The third kappa shape index (κ3) is 8.48. The standard InChI is InChI=1S/2C7H12N2.H2O4S/c2*1-4-7-5-8-6(2)9(7)3;1-5(2,3)4/h2*5H,4H2,1-3H3;(H2,1,2,3,4). The maximum atomic E-state index is 8.52. The molecule has 8 nitrogen and oxygen atoms in total. The third-order valence-electron chi connectivity index (χ3n) is 3.49. The van der Waals surface area contributed by atoms with Gasteiger partial charge >= 0.3 is 0 Å².